The van der Waals surface area contributed by atoms with Crippen molar-refractivity contribution in [1.29, 1.82) is 0 Å². The molecule has 8 nitrogen and oxygen atoms in total. The number of hydrogen-bond donors (Lipinski definition) is 3. The number of benzene rings is 2. The largest absolute Gasteiger partial charge is 0.461 e. The van der Waals surface area contributed by atoms with Gasteiger partial charge in [-0.3, -0.25) is 4.79 Å². The maximum absolute atomic E-state index is 12.5. The van der Waals surface area contributed by atoms with Gasteiger partial charge in [0.1, 0.15) is 0 Å². The molecule has 0 saturated heterocycles. The Hall–Kier alpha value is -3.87. The van der Waals surface area contributed by atoms with E-state index in [1.165, 1.54) is 24.3 Å². The molecule has 4 aromatic rings. The first-order valence-electron chi connectivity index (χ1n) is 8.84. The van der Waals surface area contributed by atoms with Crippen LogP contribution in [0.1, 0.15) is 10.4 Å². The molecule has 4 rings (SSSR count). The lowest BCUT2D eigenvalue weighted by Crippen LogP contribution is -2.24. The van der Waals surface area contributed by atoms with Gasteiger partial charge in [0.05, 0.1) is 28.7 Å². The van der Waals surface area contributed by atoms with Gasteiger partial charge < -0.3 is 14.7 Å². The summed E-state index contributed by atoms with van der Waals surface area (Å²) in [6.45, 7) is -0.109. The third kappa shape index (κ3) is 3.96. The summed E-state index contributed by atoms with van der Waals surface area (Å²) in [7, 11) is -3.71. The molecule has 2 heterocycles. The average Bonchev–Trinajstić information content (AvgIpc) is 3.41. The van der Waals surface area contributed by atoms with E-state index < -0.39 is 10.0 Å². The molecule has 0 saturated carbocycles. The van der Waals surface area contributed by atoms with E-state index in [0.717, 1.165) is 11.0 Å². The van der Waals surface area contributed by atoms with E-state index in [2.05, 4.69) is 25.9 Å². The highest BCUT2D eigenvalue weighted by molar-refractivity contribution is 7.89. The zero-order chi connectivity index (χ0) is 21.1. The number of amides is 1. The van der Waals surface area contributed by atoms with Crippen molar-refractivity contribution >= 4 is 32.7 Å². The second-order valence-electron chi connectivity index (χ2n) is 6.30. The number of furan rings is 1. The highest BCUT2D eigenvalue weighted by Gasteiger charge is 2.15. The van der Waals surface area contributed by atoms with Gasteiger partial charge in [0.15, 0.2) is 11.6 Å². The minimum atomic E-state index is -3.71. The van der Waals surface area contributed by atoms with Gasteiger partial charge in [0, 0.05) is 11.3 Å². The average molecular weight is 420 g/mol. The second kappa shape index (κ2) is 7.87. The predicted octanol–water partition coefficient (Wildman–Crippen LogP) is 2.99. The third-order valence-corrected chi connectivity index (χ3v) is 5.70. The van der Waals surface area contributed by atoms with Gasteiger partial charge in [-0.05, 0) is 54.6 Å². The predicted molar refractivity (Wildman–Crippen MR) is 112 cm³/mol. The molecule has 0 spiro atoms. The van der Waals surface area contributed by atoms with Crippen molar-refractivity contribution in [2.45, 2.75) is 4.90 Å². The lowest BCUT2D eigenvalue weighted by atomic mass is 10.2. The van der Waals surface area contributed by atoms with Crippen LogP contribution >= 0.6 is 0 Å². The number of nitrogens with zero attached hydrogens (tertiary/aromatic N) is 1. The minimum Gasteiger partial charge on any atom is -0.461 e. The van der Waals surface area contributed by atoms with Crippen LogP contribution in [-0.2, 0) is 10.0 Å². The van der Waals surface area contributed by atoms with Crippen LogP contribution in [-0.4, -0.2) is 30.8 Å². The molecule has 0 aliphatic carbocycles. The number of carbonyl (C=O) groups is 1. The highest BCUT2D eigenvalue weighted by Crippen LogP contribution is 2.23. The summed E-state index contributed by atoms with van der Waals surface area (Å²) in [5.74, 6) is 3.04. The molecule has 0 radical (unpaired) electrons. The lowest BCUT2D eigenvalue weighted by Gasteiger charge is -2.07. The Kier molecular flexibility index (Phi) is 5.10. The van der Waals surface area contributed by atoms with Gasteiger partial charge >= 0.3 is 0 Å². The number of rotatable bonds is 6. The van der Waals surface area contributed by atoms with Crippen molar-refractivity contribution in [2.24, 2.45) is 0 Å². The van der Waals surface area contributed by atoms with Crippen molar-refractivity contribution < 1.29 is 17.6 Å². The Labute approximate surface area is 172 Å². The summed E-state index contributed by atoms with van der Waals surface area (Å²) in [6.07, 6.45) is 6.64. The number of nitrogens with one attached hydrogen (secondary N) is 3. The topological polar surface area (TPSA) is 117 Å². The van der Waals surface area contributed by atoms with E-state index in [1.807, 2.05) is 0 Å². The first kappa shape index (κ1) is 19.4. The fourth-order valence-corrected chi connectivity index (χ4v) is 3.76. The molecule has 9 heteroatoms. The Balaban J connectivity index is 1.51. The number of fused-ring (bicyclic) bond motifs is 1. The number of aromatic amines is 1. The quantitative estimate of drug-likeness (QED) is 0.415. The van der Waals surface area contributed by atoms with Crippen molar-refractivity contribution in [2.75, 3.05) is 11.9 Å². The minimum absolute atomic E-state index is 0.0265. The standard InChI is InChI=1S/C21H16N4O4S/c1-2-11-22-30(27,28)16-8-5-14(6-9-16)21(26)23-15-7-10-17-18(13-15)25-20(24-17)19-4-3-12-29-19/h1,3-10,12-13,22H,11H2,(H,23,26)(H,24,25). The van der Waals surface area contributed by atoms with Crippen LogP contribution in [0, 0.1) is 12.3 Å². The maximum Gasteiger partial charge on any atom is 0.255 e. The molecule has 0 bridgehead atoms. The smallest absolute Gasteiger partial charge is 0.255 e. The van der Waals surface area contributed by atoms with Gasteiger partial charge in [-0.15, -0.1) is 6.42 Å². The van der Waals surface area contributed by atoms with E-state index in [1.54, 1.807) is 36.6 Å². The number of sulfonamides is 1. The molecule has 150 valence electrons. The highest BCUT2D eigenvalue weighted by atomic mass is 32.2. The van der Waals surface area contributed by atoms with E-state index in [-0.39, 0.29) is 17.3 Å². The summed E-state index contributed by atoms with van der Waals surface area (Å²) < 4.78 is 31.7. The first-order valence-corrected chi connectivity index (χ1v) is 10.3. The summed E-state index contributed by atoms with van der Waals surface area (Å²) in [4.78, 5) is 20.2. The molecule has 0 unspecified atom stereocenters. The monoisotopic (exact) mass is 420 g/mol. The fourth-order valence-electron chi connectivity index (χ4n) is 2.83. The number of carbonyl (C=O) groups excluding carboxylic acids is 1. The summed E-state index contributed by atoms with van der Waals surface area (Å²) in [5, 5.41) is 2.79. The van der Waals surface area contributed by atoms with Gasteiger partial charge in [0.25, 0.3) is 5.91 Å². The zero-order valence-corrected chi connectivity index (χ0v) is 16.4. The molecule has 2 aromatic heterocycles. The Bertz CT molecular complexity index is 1350. The van der Waals surface area contributed by atoms with Crippen LogP contribution in [0.25, 0.3) is 22.6 Å². The number of H-pyrrole nitrogens is 1. The lowest BCUT2D eigenvalue weighted by molar-refractivity contribution is 0.102. The molecule has 0 fully saturated rings. The van der Waals surface area contributed by atoms with Gasteiger partial charge in [-0.1, -0.05) is 5.92 Å². The molecule has 0 aliphatic heterocycles. The van der Waals surface area contributed by atoms with Crippen LogP contribution in [0.15, 0.2) is 70.2 Å². The van der Waals surface area contributed by atoms with Crippen LogP contribution in [0.4, 0.5) is 5.69 Å². The second-order valence-corrected chi connectivity index (χ2v) is 8.07. The summed E-state index contributed by atoms with van der Waals surface area (Å²) in [6, 6.07) is 14.4. The van der Waals surface area contributed by atoms with Crippen LogP contribution in [0.2, 0.25) is 0 Å². The third-order valence-electron chi connectivity index (χ3n) is 4.29. The summed E-state index contributed by atoms with van der Waals surface area (Å²) in [5.41, 5.74) is 2.34. The maximum atomic E-state index is 12.5. The number of anilines is 1. The molecule has 1 amide bonds. The van der Waals surface area contributed by atoms with Gasteiger partial charge in [0.2, 0.25) is 10.0 Å². The number of hydrogen-bond acceptors (Lipinski definition) is 5. The van der Waals surface area contributed by atoms with Gasteiger partial charge in [-0.25, -0.2) is 13.4 Å². The molecule has 0 atom stereocenters. The first-order chi connectivity index (χ1) is 14.5. The van der Waals surface area contributed by atoms with E-state index in [4.69, 9.17) is 10.8 Å². The Morgan fingerprint density at radius 3 is 2.67 bits per heavy atom. The van der Waals surface area contributed by atoms with Crippen LogP contribution in [0.3, 0.4) is 0 Å². The number of imidazole rings is 1. The molecule has 0 aliphatic rings. The number of aromatic nitrogens is 2. The van der Waals surface area contributed by atoms with E-state index in [9.17, 15) is 13.2 Å². The molecule has 2 aromatic carbocycles. The SMILES string of the molecule is C#CCNS(=O)(=O)c1ccc(C(=O)Nc2ccc3nc(-c4ccco4)[nH]c3c2)cc1. The molecular weight excluding hydrogens is 404 g/mol. The van der Waals surface area contributed by atoms with Crippen molar-refractivity contribution in [3.63, 3.8) is 0 Å². The van der Waals surface area contributed by atoms with Crippen LogP contribution < -0.4 is 10.0 Å². The Morgan fingerprint density at radius 1 is 1.17 bits per heavy atom. The number of terminal acetylenes is 1. The zero-order valence-electron chi connectivity index (χ0n) is 15.5. The van der Waals surface area contributed by atoms with E-state index >= 15 is 0 Å². The Morgan fingerprint density at radius 2 is 1.97 bits per heavy atom. The molecule has 30 heavy (non-hydrogen) atoms. The van der Waals surface area contributed by atoms with Crippen molar-refractivity contribution in [1.82, 2.24) is 14.7 Å². The molecule has 3 N–H and O–H groups in total. The van der Waals surface area contributed by atoms with Crippen molar-refractivity contribution in [3.8, 4) is 23.9 Å². The molecular formula is C21H16N4O4S. The van der Waals surface area contributed by atoms with E-state index in [0.29, 0.717) is 22.8 Å². The van der Waals surface area contributed by atoms with Gasteiger partial charge in [-0.2, -0.15) is 4.72 Å². The van der Waals surface area contributed by atoms with Crippen LogP contribution in [0.5, 0.6) is 0 Å². The normalized spacial score (nSPS) is 11.3. The summed E-state index contributed by atoms with van der Waals surface area (Å²) >= 11 is 0. The fraction of sp³-hybridized carbons (Fsp3) is 0.0476. The van der Waals surface area contributed by atoms with Crippen molar-refractivity contribution in [3.05, 3.63) is 66.4 Å².